The normalized spacial score (nSPS) is 19.4. The Bertz CT molecular complexity index is 418. The Morgan fingerprint density at radius 3 is 2.40 bits per heavy atom. The molecule has 0 amide bonds. The highest BCUT2D eigenvalue weighted by Gasteiger charge is 2.42. The monoisotopic (exact) mass is 222 g/mol. The van der Waals surface area contributed by atoms with Gasteiger partial charge in [-0.3, -0.25) is 0 Å². The minimum atomic E-state index is -1.13. The van der Waals surface area contributed by atoms with Crippen LogP contribution in [0.3, 0.4) is 0 Å². The van der Waals surface area contributed by atoms with Crippen molar-refractivity contribution in [1.29, 1.82) is 0 Å². The lowest BCUT2D eigenvalue weighted by atomic mass is 9.96. The molecule has 1 aliphatic heterocycles. The molecule has 0 aromatic heterocycles. The summed E-state index contributed by atoms with van der Waals surface area (Å²) in [6.45, 7) is 1.60. The van der Waals surface area contributed by atoms with Crippen LogP contribution in [0.15, 0.2) is 49.8 Å². The van der Waals surface area contributed by atoms with E-state index in [0.29, 0.717) is 10.5 Å². The van der Waals surface area contributed by atoms with Crippen LogP contribution < -0.4 is 0 Å². The van der Waals surface area contributed by atoms with Crippen LogP contribution >= 0.6 is 12.6 Å². The summed E-state index contributed by atoms with van der Waals surface area (Å²) in [5, 5.41) is 24.5. The molecular weight excluding hydrogens is 212 g/mol. The van der Waals surface area contributed by atoms with E-state index in [1.54, 1.807) is 13.0 Å². The van der Waals surface area contributed by atoms with Crippen LogP contribution in [0.2, 0.25) is 0 Å². The Kier molecular flexibility index (Phi) is 2.54. The average Bonchev–Trinajstić information content (AvgIpc) is 2.68. The van der Waals surface area contributed by atoms with Gasteiger partial charge in [0.2, 0.25) is 5.66 Å². The quantitative estimate of drug-likeness (QED) is 0.741. The fraction of sp³-hybridized carbons (Fsp3) is 0.333. The summed E-state index contributed by atoms with van der Waals surface area (Å²) < 4.78 is 0. The molecule has 0 bridgehead atoms. The highest BCUT2D eigenvalue weighted by atomic mass is 32.1. The number of hydrogen-bond donors (Lipinski definition) is 2. The van der Waals surface area contributed by atoms with Gasteiger partial charge in [0.15, 0.2) is 0 Å². The van der Waals surface area contributed by atoms with Crippen LogP contribution in [-0.4, -0.2) is 11.2 Å². The Morgan fingerprint density at radius 1 is 1.27 bits per heavy atom. The van der Waals surface area contributed by atoms with Crippen molar-refractivity contribution in [2.45, 2.75) is 23.6 Å². The molecule has 78 valence electrons. The van der Waals surface area contributed by atoms with Crippen molar-refractivity contribution in [1.82, 2.24) is 0 Å². The molecule has 15 heavy (non-hydrogen) atoms. The maximum atomic E-state index is 9.74. The Hall–Kier alpha value is -1.27. The van der Waals surface area contributed by atoms with Crippen LogP contribution in [0.5, 0.6) is 0 Å². The molecule has 6 heteroatoms. The van der Waals surface area contributed by atoms with Crippen molar-refractivity contribution in [3.05, 3.63) is 29.8 Å². The number of thiol groups is 1. The third-order valence-corrected chi connectivity index (χ3v) is 2.71. The van der Waals surface area contributed by atoms with Crippen molar-refractivity contribution >= 4 is 12.6 Å². The van der Waals surface area contributed by atoms with Crippen molar-refractivity contribution < 1.29 is 5.11 Å². The molecule has 0 spiro atoms. The van der Waals surface area contributed by atoms with E-state index in [9.17, 15) is 5.11 Å². The molecule has 1 atom stereocenters. The topological polar surface area (TPSA) is 69.7 Å². The summed E-state index contributed by atoms with van der Waals surface area (Å²) >= 11 is 4.31. The molecule has 0 fully saturated rings. The van der Waals surface area contributed by atoms with E-state index in [0.717, 1.165) is 0 Å². The number of nitrogens with zero attached hydrogens (tertiary/aromatic N) is 4. The standard InChI is InChI=1S/C9H10N4OS/c1-6(14)9(10-12-13-11-9)7-4-2-3-5-8(7)15/h2-6,14-15H,1H3. The van der Waals surface area contributed by atoms with Gasteiger partial charge in [0.05, 0.1) is 0 Å². The van der Waals surface area contributed by atoms with Crippen LogP contribution in [0, 0.1) is 0 Å². The van der Waals surface area contributed by atoms with E-state index in [1.165, 1.54) is 0 Å². The van der Waals surface area contributed by atoms with Gasteiger partial charge in [0.25, 0.3) is 0 Å². The number of aliphatic hydroxyl groups excluding tert-OH is 1. The van der Waals surface area contributed by atoms with E-state index in [1.807, 2.05) is 18.2 Å². The zero-order chi connectivity index (χ0) is 10.9. The summed E-state index contributed by atoms with van der Waals surface area (Å²) in [5.74, 6) is 0. The van der Waals surface area contributed by atoms with E-state index in [2.05, 4.69) is 33.3 Å². The zero-order valence-corrected chi connectivity index (χ0v) is 8.96. The number of rotatable bonds is 2. The van der Waals surface area contributed by atoms with Crippen LogP contribution in [0.1, 0.15) is 12.5 Å². The molecule has 1 aromatic rings. The third-order valence-electron chi connectivity index (χ3n) is 2.32. The molecule has 0 aliphatic carbocycles. The van der Waals surface area contributed by atoms with Gasteiger partial charge < -0.3 is 5.11 Å². The fourth-order valence-corrected chi connectivity index (χ4v) is 1.81. The molecule has 1 aliphatic rings. The first-order chi connectivity index (χ1) is 7.17. The Balaban J connectivity index is 2.57. The van der Waals surface area contributed by atoms with E-state index < -0.39 is 11.8 Å². The smallest absolute Gasteiger partial charge is 0.246 e. The Labute approximate surface area is 92.3 Å². The molecular formula is C9H10N4OS. The predicted molar refractivity (Wildman–Crippen MR) is 56.8 cm³/mol. The maximum Gasteiger partial charge on any atom is 0.246 e. The van der Waals surface area contributed by atoms with Gasteiger partial charge in [-0.05, 0) is 23.4 Å². The fourth-order valence-electron chi connectivity index (χ4n) is 1.48. The molecule has 0 saturated heterocycles. The second-order valence-corrected chi connectivity index (χ2v) is 3.78. The average molecular weight is 222 g/mol. The van der Waals surface area contributed by atoms with E-state index in [-0.39, 0.29) is 0 Å². The van der Waals surface area contributed by atoms with Crippen molar-refractivity contribution in [3.63, 3.8) is 0 Å². The first-order valence-electron chi connectivity index (χ1n) is 4.47. The highest BCUT2D eigenvalue weighted by molar-refractivity contribution is 7.80. The summed E-state index contributed by atoms with van der Waals surface area (Å²) in [6.07, 6.45) is -0.805. The van der Waals surface area contributed by atoms with E-state index >= 15 is 0 Å². The minimum absolute atomic E-state index is 0.702. The first kappa shape index (κ1) is 10.3. The first-order valence-corrected chi connectivity index (χ1v) is 4.92. The SMILES string of the molecule is CC(O)C1(c2ccccc2S)N=NN=N1. The minimum Gasteiger partial charge on any atom is -0.388 e. The zero-order valence-electron chi connectivity index (χ0n) is 8.07. The summed E-state index contributed by atoms with van der Waals surface area (Å²) in [6, 6.07) is 7.30. The molecule has 1 unspecified atom stereocenters. The second-order valence-electron chi connectivity index (χ2n) is 3.30. The lowest BCUT2D eigenvalue weighted by molar-refractivity contribution is 0.103. The molecule has 1 aromatic carbocycles. The van der Waals surface area contributed by atoms with E-state index in [4.69, 9.17) is 0 Å². The summed E-state index contributed by atoms with van der Waals surface area (Å²) in [7, 11) is 0. The molecule has 1 heterocycles. The van der Waals surface area contributed by atoms with Crippen molar-refractivity contribution in [3.8, 4) is 0 Å². The summed E-state index contributed by atoms with van der Waals surface area (Å²) in [4.78, 5) is 0.707. The van der Waals surface area contributed by atoms with Crippen molar-refractivity contribution in [2.75, 3.05) is 0 Å². The predicted octanol–water partition coefficient (Wildman–Crippen LogP) is 2.34. The number of benzene rings is 1. The number of hydrogen-bond acceptors (Lipinski definition) is 6. The lowest BCUT2D eigenvalue weighted by Crippen LogP contribution is -2.32. The molecule has 5 nitrogen and oxygen atoms in total. The second kappa shape index (κ2) is 3.71. The summed E-state index contributed by atoms with van der Waals surface area (Å²) in [5.41, 5.74) is -0.424. The number of aliphatic hydroxyl groups is 1. The van der Waals surface area contributed by atoms with Gasteiger partial charge in [0.1, 0.15) is 6.10 Å². The van der Waals surface area contributed by atoms with Gasteiger partial charge >= 0.3 is 0 Å². The molecule has 0 saturated carbocycles. The maximum absolute atomic E-state index is 9.74. The molecule has 2 rings (SSSR count). The van der Waals surface area contributed by atoms with Gasteiger partial charge in [-0.1, -0.05) is 18.2 Å². The molecule has 1 N–H and O–H groups in total. The lowest BCUT2D eigenvalue weighted by Gasteiger charge is -2.24. The highest BCUT2D eigenvalue weighted by Crippen LogP contribution is 2.38. The molecule has 0 radical (unpaired) electrons. The van der Waals surface area contributed by atoms with Crippen LogP contribution in [0.25, 0.3) is 0 Å². The van der Waals surface area contributed by atoms with Gasteiger partial charge in [-0.25, -0.2) is 0 Å². The van der Waals surface area contributed by atoms with Crippen LogP contribution in [0.4, 0.5) is 0 Å². The van der Waals surface area contributed by atoms with Crippen molar-refractivity contribution in [2.24, 2.45) is 20.7 Å². The Morgan fingerprint density at radius 2 is 1.87 bits per heavy atom. The van der Waals surface area contributed by atoms with Gasteiger partial charge in [-0.15, -0.1) is 22.9 Å². The largest absolute Gasteiger partial charge is 0.388 e. The third kappa shape index (κ3) is 1.55. The van der Waals surface area contributed by atoms with Crippen LogP contribution in [-0.2, 0) is 5.66 Å². The van der Waals surface area contributed by atoms with Gasteiger partial charge in [-0.2, -0.15) is 0 Å². The van der Waals surface area contributed by atoms with Gasteiger partial charge in [0, 0.05) is 10.5 Å².